The first-order valence-electron chi connectivity index (χ1n) is 5.52. The van der Waals surface area contributed by atoms with Crippen LogP contribution in [0.4, 0.5) is 5.69 Å². The number of hydrogen-bond donors (Lipinski definition) is 0. The van der Waals surface area contributed by atoms with Gasteiger partial charge in [-0.25, -0.2) is 0 Å². The molecule has 0 unspecified atom stereocenters. The molecule has 0 saturated heterocycles. The molecule has 18 heavy (non-hydrogen) atoms. The second-order valence-corrected chi connectivity index (χ2v) is 3.93. The van der Waals surface area contributed by atoms with Crippen LogP contribution in [0.15, 0.2) is 52.8 Å². The zero-order chi connectivity index (χ0) is 12.4. The van der Waals surface area contributed by atoms with Gasteiger partial charge in [0, 0.05) is 34.1 Å². The smallest absolute Gasteiger partial charge is 0.0727 e. The molecule has 0 spiro atoms. The number of aliphatic imine (C=N–C) groups is 1. The third-order valence-electron chi connectivity index (χ3n) is 2.87. The van der Waals surface area contributed by atoms with E-state index in [-0.39, 0.29) is 0 Å². The topological polar surface area (TPSA) is 74.0 Å². The fourth-order valence-corrected chi connectivity index (χ4v) is 2.04. The van der Waals surface area contributed by atoms with Crippen molar-refractivity contribution < 1.29 is 0 Å². The first-order valence-corrected chi connectivity index (χ1v) is 5.52. The molecule has 0 saturated carbocycles. The van der Waals surface area contributed by atoms with Crippen molar-refractivity contribution in [2.45, 2.75) is 6.54 Å². The predicted octanol–water partition coefficient (Wildman–Crippen LogP) is 3.37. The Balaban J connectivity index is 2.09. The molecule has 1 aromatic carbocycles. The molecule has 0 atom stereocenters. The molecule has 5 heteroatoms. The van der Waals surface area contributed by atoms with E-state index in [1.165, 1.54) is 0 Å². The van der Waals surface area contributed by atoms with Crippen molar-refractivity contribution in [3.8, 4) is 0 Å². The summed E-state index contributed by atoms with van der Waals surface area (Å²) in [6.07, 6.45) is 3.49. The summed E-state index contributed by atoms with van der Waals surface area (Å²) in [6, 6.07) is 9.49. The highest BCUT2D eigenvalue weighted by Crippen LogP contribution is 2.27. The van der Waals surface area contributed by atoms with Gasteiger partial charge in [-0.2, -0.15) is 0 Å². The van der Waals surface area contributed by atoms with Crippen LogP contribution in [0, 0.1) is 0 Å². The van der Waals surface area contributed by atoms with E-state index in [0.717, 1.165) is 22.4 Å². The monoisotopic (exact) mass is 235 g/mol. The molecular weight excluding hydrogens is 226 g/mol. The molecule has 0 fully saturated rings. The Labute approximate surface area is 103 Å². The molecule has 0 amide bonds. The molecular formula is C13H9N5. The van der Waals surface area contributed by atoms with Crippen LogP contribution in [0.3, 0.4) is 0 Å². The lowest BCUT2D eigenvalue weighted by Gasteiger charge is -2.04. The van der Waals surface area contributed by atoms with E-state index in [4.69, 9.17) is 5.53 Å². The second-order valence-electron chi connectivity index (χ2n) is 3.93. The van der Waals surface area contributed by atoms with Gasteiger partial charge in [-0.15, -0.1) is 0 Å². The molecule has 2 heterocycles. The molecule has 0 N–H and O–H groups in total. The third kappa shape index (κ3) is 1.73. The van der Waals surface area contributed by atoms with Gasteiger partial charge in [-0.3, -0.25) is 9.98 Å². The maximum absolute atomic E-state index is 8.47. The number of pyridine rings is 1. The van der Waals surface area contributed by atoms with Crippen molar-refractivity contribution in [3.05, 3.63) is 69.9 Å². The lowest BCUT2D eigenvalue weighted by atomic mass is 10.0. The number of aromatic nitrogens is 1. The molecule has 86 valence electrons. The van der Waals surface area contributed by atoms with Gasteiger partial charge in [0.15, 0.2) is 0 Å². The van der Waals surface area contributed by atoms with E-state index in [9.17, 15) is 0 Å². The predicted molar refractivity (Wildman–Crippen MR) is 68.8 cm³/mol. The number of fused-ring (bicyclic) bond motifs is 1. The molecule has 0 aliphatic carbocycles. The summed E-state index contributed by atoms with van der Waals surface area (Å²) >= 11 is 0. The lowest BCUT2D eigenvalue weighted by Crippen LogP contribution is -2.00. The minimum Gasteiger partial charge on any atom is -0.279 e. The summed E-state index contributed by atoms with van der Waals surface area (Å²) in [5.74, 6) is 0. The number of rotatable bonds is 2. The van der Waals surface area contributed by atoms with Crippen molar-refractivity contribution in [1.82, 2.24) is 4.98 Å². The first kappa shape index (κ1) is 10.5. The van der Waals surface area contributed by atoms with E-state index in [1.807, 2.05) is 30.3 Å². The highest BCUT2D eigenvalue weighted by molar-refractivity contribution is 6.15. The summed E-state index contributed by atoms with van der Waals surface area (Å²) < 4.78 is 0. The second kappa shape index (κ2) is 4.31. The first-order chi connectivity index (χ1) is 8.88. The minimum atomic E-state index is 0.611. The summed E-state index contributed by atoms with van der Waals surface area (Å²) in [4.78, 5) is 11.3. The minimum absolute atomic E-state index is 0.611. The van der Waals surface area contributed by atoms with Gasteiger partial charge in [-0.05, 0) is 29.3 Å². The lowest BCUT2D eigenvalue weighted by molar-refractivity contribution is 1.11. The van der Waals surface area contributed by atoms with Crippen LogP contribution >= 0.6 is 0 Å². The van der Waals surface area contributed by atoms with Crippen LogP contribution < -0.4 is 0 Å². The van der Waals surface area contributed by atoms with Crippen LogP contribution in [-0.2, 0) is 6.54 Å². The molecule has 0 bridgehead atoms. The number of azide groups is 1. The van der Waals surface area contributed by atoms with Crippen molar-refractivity contribution in [2.24, 2.45) is 10.1 Å². The maximum atomic E-state index is 8.47. The average molecular weight is 235 g/mol. The Morgan fingerprint density at radius 2 is 2.00 bits per heavy atom. The molecule has 5 nitrogen and oxygen atoms in total. The normalized spacial score (nSPS) is 12.6. The van der Waals surface area contributed by atoms with Gasteiger partial charge in [0.05, 0.1) is 12.3 Å². The van der Waals surface area contributed by atoms with Crippen molar-refractivity contribution in [3.63, 3.8) is 0 Å². The average Bonchev–Trinajstić information content (AvgIpc) is 2.83. The van der Waals surface area contributed by atoms with E-state index < -0.39 is 0 Å². The quantitative estimate of drug-likeness (QED) is 0.446. The van der Waals surface area contributed by atoms with E-state index >= 15 is 0 Å². The van der Waals surface area contributed by atoms with Crippen LogP contribution in [0.5, 0.6) is 0 Å². The van der Waals surface area contributed by atoms with Crippen molar-refractivity contribution in [1.29, 1.82) is 0 Å². The zero-order valence-electron chi connectivity index (χ0n) is 9.48. The Bertz CT molecular complexity index is 669. The molecule has 0 radical (unpaired) electrons. The van der Waals surface area contributed by atoms with Crippen LogP contribution in [-0.4, -0.2) is 10.7 Å². The number of hydrogen-bond acceptors (Lipinski definition) is 3. The van der Waals surface area contributed by atoms with Gasteiger partial charge < -0.3 is 0 Å². The summed E-state index contributed by atoms with van der Waals surface area (Å²) in [7, 11) is 0. The third-order valence-corrected chi connectivity index (χ3v) is 2.87. The van der Waals surface area contributed by atoms with Gasteiger partial charge in [0.1, 0.15) is 0 Å². The summed E-state index contributed by atoms with van der Waals surface area (Å²) in [5.41, 5.74) is 13.2. The van der Waals surface area contributed by atoms with Crippen LogP contribution in [0.1, 0.15) is 16.7 Å². The molecule has 1 aliphatic rings. The molecule has 3 rings (SSSR count). The SMILES string of the molecule is [N-]=[N+]=Nc1ccc2c(c1)C(c1ccncc1)=NC2. The summed E-state index contributed by atoms with van der Waals surface area (Å²) in [6.45, 7) is 0.670. The molecule has 2 aromatic rings. The van der Waals surface area contributed by atoms with E-state index in [0.29, 0.717) is 12.2 Å². The highest BCUT2D eigenvalue weighted by atomic mass is 15.1. The molecule has 1 aromatic heterocycles. The molecule has 1 aliphatic heterocycles. The number of benzene rings is 1. The maximum Gasteiger partial charge on any atom is 0.0727 e. The largest absolute Gasteiger partial charge is 0.279 e. The van der Waals surface area contributed by atoms with Crippen LogP contribution in [0.25, 0.3) is 10.4 Å². The zero-order valence-corrected chi connectivity index (χ0v) is 9.48. The van der Waals surface area contributed by atoms with E-state index in [2.05, 4.69) is 20.0 Å². The fourth-order valence-electron chi connectivity index (χ4n) is 2.04. The van der Waals surface area contributed by atoms with Gasteiger partial charge in [0.2, 0.25) is 0 Å². The standard InChI is InChI=1S/C13H9N5/c14-18-17-11-2-1-10-8-16-13(12(10)7-11)9-3-5-15-6-4-9/h1-7H,8H2. The Hall–Kier alpha value is -2.65. The van der Waals surface area contributed by atoms with Crippen molar-refractivity contribution in [2.75, 3.05) is 0 Å². The van der Waals surface area contributed by atoms with Crippen LogP contribution in [0.2, 0.25) is 0 Å². The Kier molecular flexibility index (Phi) is 2.52. The van der Waals surface area contributed by atoms with Gasteiger partial charge >= 0.3 is 0 Å². The Morgan fingerprint density at radius 3 is 2.78 bits per heavy atom. The van der Waals surface area contributed by atoms with Gasteiger partial charge in [-0.1, -0.05) is 17.2 Å². The summed E-state index contributed by atoms with van der Waals surface area (Å²) in [5, 5.41) is 3.63. The van der Waals surface area contributed by atoms with E-state index in [1.54, 1.807) is 12.4 Å². The fraction of sp³-hybridized carbons (Fsp3) is 0.0769. The van der Waals surface area contributed by atoms with Gasteiger partial charge in [0.25, 0.3) is 0 Å². The highest BCUT2D eigenvalue weighted by Gasteiger charge is 2.17. The van der Waals surface area contributed by atoms with Crippen molar-refractivity contribution >= 4 is 11.4 Å². The Morgan fingerprint density at radius 1 is 1.17 bits per heavy atom. The number of nitrogens with zero attached hydrogens (tertiary/aromatic N) is 5.